The Labute approximate surface area is 89.2 Å². The molecule has 0 fully saturated rings. The minimum absolute atomic E-state index is 0.255. The molecular weight excluding hydrogens is 212 g/mol. The first-order chi connectivity index (χ1) is 6.93. The van der Waals surface area contributed by atoms with E-state index in [1.807, 2.05) is 6.07 Å². The molecule has 4 nitrogen and oxygen atoms in total. The van der Waals surface area contributed by atoms with Crippen molar-refractivity contribution in [2.24, 2.45) is 5.73 Å². The molecule has 0 aliphatic rings. The zero-order chi connectivity index (χ0) is 11.5. The summed E-state index contributed by atoms with van der Waals surface area (Å²) in [5.41, 5.74) is 6.21. The molecule has 0 bridgehead atoms. The standard InChI is InChI=1S/C10H12N2O2S/c1-15(13,14)10-4-2-3-8(6-10)5-9(12)7-11/h2-4,6,9H,5,12H2,1H3/t9-/m0/s1. The summed E-state index contributed by atoms with van der Waals surface area (Å²) in [5.74, 6) is 0. The molecule has 0 saturated heterocycles. The summed E-state index contributed by atoms with van der Waals surface area (Å²) in [5, 5.41) is 8.53. The maximum Gasteiger partial charge on any atom is 0.175 e. The maximum atomic E-state index is 11.2. The molecule has 2 N–H and O–H groups in total. The highest BCUT2D eigenvalue weighted by molar-refractivity contribution is 7.90. The van der Waals surface area contributed by atoms with E-state index in [2.05, 4.69) is 0 Å². The smallest absolute Gasteiger partial charge is 0.175 e. The molecular formula is C10H12N2O2S. The Kier molecular flexibility index (Phi) is 3.45. The second-order valence-corrected chi connectivity index (χ2v) is 5.38. The number of benzene rings is 1. The van der Waals surface area contributed by atoms with Gasteiger partial charge in [-0.05, 0) is 17.7 Å². The maximum absolute atomic E-state index is 11.2. The molecule has 5 heteroatoms. The predicted octanol–water partition coefficient (Wildman–Crippen LogP) is 0.483. The molecule has 0 amide bonds. The van der Waals surface area contributed by atoms with Gasteiger partial charge in [-0.25, -0.2) is 8.42 Å². The number of hydrogen-bond acceptors (Lipinski definition) is 4. The van der Waals surface area contributed by atoms with Crippen molar-refractivity contribution in [2.75, 3.05) is 6.26 Å². The van der Waals surface area contributed by atoms with Crippen LogP contribution in [-0.2, 0) is 16.3 Å². The summed E-state index contributed by atoms with van der Waals surface area (Å²) >= 11 is 0. The molecule has 1 rings (SSSR count). The number of nitrogens with zero attached hydrogens (tertiary/aromatic N) is 1. The minimum atomic E-state index is -3.19. The molecule has 1 aromatic rings. The SMILES string of the molecule is CS(=O)(=O)c1cccc(C[C@H](N)C#N)c1. The topological polar surface area (TPSA) is 83.9 Å². The van der Waals surface area contributed by atoms with Gasteiger partial charge >= 0.3 is 0 Å². The van der Waals surface area contributed by atoms with Crippen molar-refractivity contribution in [1.29, 1.82) is 5.26 Å². The molecule has 0 heterocycles. The van der Waals surface area contributed by atoms with Crippen LogP contribution >= 0.6 is 0 Å². The third-order valence-corrected chi connectivity index (χ3v) is 3.06. The number of sulfone groups is 1. The average molecular weight is 224 g/mol. The zero-order valence-electron chi connectivity index (χ0n) is 8.34. The van der Waals surface area contributed by atoms with Crippen molar-refractivity contribution < 1.29 is 8.42 Å². The molecule has 0 spiro atoms. The van der Waals surface area contributed by atoms with E-state index in [4.69, 9.17) is 11.0 Å². The van der Waals surface area contributed by atoms with Gasteiger partial charge < -0.3 is 5.73 Å². The summed E-state index contributed by atoms with van der Waals surface area (Å²) in [6.45, 7) is 0. The van der Waals surface area contributed by atoms with Gasteiger partial charge in [0.2, 0.25) is 0 Å². The van der Waals surface area contributed by atoms with Crippen LogP contribution in [0, 0.1) is 11.3 Å². The molecule has 0 unspecified atom stereocenters. The second-order valence-electron chi connectivity index (χ2n) is 3.36. The van der Waals surface area contributed by atoms with Crippen molar-refractivity contribution in [1.82, 2.24) is 0 Å². The number of rotatable bonds is 3. The average Bonchev–Trinajstić information content (AvgIpc) is 2.17. The van der Waals surface area contributed by atoms with Crippen LogP contribution in [0.1, 0.15) is 5.56 Å². The lowest BCUT2D eigenvalue weighted by Crippen LogP contribution is -2.20. The van der Waals surface area contributed by atoms with Gasteiger partial charge in [-0.15, -0.1) is 0 Å². The molecule has 0 aliphatic heterocycles. The van der Waals surface area contributed by atoms with E-state index >= 15 is 0 Å². The molecule has 15 heavy (non-hydrogen) atoms. The quantitative estimate of drug-likeness (QED) is 0.809. The minimum Gasteiger partial charge on any atom is -0.316 e. The Balaban J connectivity index is 3.00. The summed E-state index contributed by atoms with van der Waals surface area (Å²) < 4.78 is 22.5. The molecule has 1 atom stereocenters. The summed E-state index contributed by atoms with van der Waals surface area (Å²) in [7, 11) is -3.19. The van der Waals surface area contributed by atoms with Crippen LogP contribution in [0.5, 0.6) is 0 Å². The zero-order valence-corrected chi connectivity index (χ0v) is 9.16. The first-order valence-electron chi connectivity index (χ1n) is 4.37. The fourth-order valence-electron chi connectivity index (χ4n) is 1.20. The monoisotopic (exact) mass is 224 g/mol. The van der Waals surface area contributed by atoms with Crippen molar-refractivity contribution in [2.45, 2.75) is 17.4 Å². The van der Waals surface area contributed by atoms with Crippen molar-refractivity contribution >= 4 is 9.84 Å². The van der Waals surface area contributed by atoms with Gasteiger partial charge in [0.15, 0.2) is 9.84 Å². The Hall–Kier alpha value is -1.38. The van der Waals surface area contributed by atoms with Gasteiger partial charge in [-0.1, -0.05) is 12.1 Å². The van der Waals surface area contributed by atoms with Crippen LogP contribution in [-0.4, -0.2) is 20.7 Å². The van der Waals surface area contributed by atoms with E-state index < -0.39 is 15.9 Å². The van der Waals surface area contributed by atoms with E-state index in [0.717, 1.165) is 11.8 Å². The number of hydrogen-bond donors (Lipinski definition) is 1. The van der Waals surface area contributed by atoms with Gasteiger partial charge in [0, 0.05) is 12.7 Å². The van der Waals surface area contributed by atoms with E-state index in [1.54, 1.807) is 18.2 Å². The highest BCUT2D eigenvalue weighted by Crippen LogP contribution is 2.12. The van der Waals surface area contributed by atoms with Gasteiger partial charge in [-0.2, -0.15) is 5.26 Å². The third kappa shape index (κ3) is 3.35. The van der Waals surface area contributed by atoms with Gasteiger partial charge in [0.25, 0.3) is 0 Å². The van der Waals surface area contributed by atoms with Crippen LogP contribution in [0.25, 0.3) is 0 Å². The second kappa shape index (κ2) is 4.43. The molecule has 0 aromatic heterocycles. The van der Waals surface area contributed by atoms with Crippen LogP contribution in [0.3, 0.4) is 0 Å². The number of nitriles is 1. The number of nitrogens with two attached hydrogens (primary N) is 1. The summed E-state index contributed by atoms with van der Waals surface area (Å²) in [4.78, 5) is 0.255. The molecule has 0 radical (unpaired) electrons. The van der Waals surface area contributed by atoms with Crippen LogP contribution in [0.2, 0.25) is 0 Å². The first kappa shape index (κ1) is 11.7. The molecule has 0 aliphatic carbocycles. The van der Waals surface area contributed by atoms with E-state index in [0.29, 0.717) is 6.42 Å². The van der Waals surface area contributed by atoms with Crippen molar-refractivity contribution in [3.8, 4) is 6.07 Å². The van der Waals surface area contributed by atoms with Crippen LogP contribution in [0.15, 0.2) is 29.2 Å². The summed E-state index contributed by atoms with van der Waals surface area (Å²) in [6, 6.07) is 7.78. The van der Waals surface area contributed by atoms with Crippen molar-refractivity contribution in [3.05, 3.63) is 29.8 Å². The van der Waals surface area contributed by atoms with Crippen LogP contribution < -0.4 is 5.73 Å². The highest BCUT2D eigenvalue weighted by atomic mass is 32.2. The summed E-state index contributed by atoms with van der Waals surface area (Å²) in [6.07, 6.45) is 1.51. The lowest BCUT2D eigenvalue weighted by atomic mass is 10.1. The normalized spacial score (nSPS) is 13.1. The lowest BCUT2D eigenvalue weighted by Gasteiger charge is -2.04. The first-order valence-corrected chi connectivity index (χ1v) is 6.27. The highest BCUT2D eigenvalue weighted by Gasteiger charge is 2.08. The lowest BCUT2D eigenvalue weighted by molar-refractivity contribution is 0.601. The Morgan fingerprint density at radius 1 is 1.53 bits per heavy atom. The Morgan fingerprint density at radius 2 is 2.20 bits per heavy atom. The van der Waals surface area contributed by atoms with Crippen molar-refractivity contribution in [3.63, 3.8) is 0 Å². The predicted molar refractivity (Wildman–Crippen MR) is 56.8 cm³/mol. The third-order valence-electron chi connectivity index (χ3n) is 1.95. The van der Waals surface area contributed by atoms with Gasteiger partial charge in [0.05, 0.1) is 17.0 Å². The molecule has 0 saturated carbocycles. The fourth-order valence-corrected chi connectivity index (χ4v) is 1.89. The van der Waals surface area contributed by atoms with Crippen LogP contribution in [0.4, 0.5) is 0 Å². The van der Waals surface area contributed by atoms with E-state index in [9.17, 15) is 8.42 Å². The van der Waals surface area contributed by atoms with Gasteiger partial charge in [-0.3, -0.25) is 0 Å². The van der Waals surface area contributed by atoms with E-state index in [-0.39, 0.29) is 4.90 Å². The Bertz CT molecular complexity index is 488. The van der Waals surface area contributed by atoms with Gasteiger partial charge in [0.1, 0.15) is 0 Å². The Morgan fingerprint density at radius 3 is 2.73 bits per heavy atom. The molecule has 80 valence electrons. The fraction of sp³-hybridized carbons (Fsp3) is 0.300. The van der Waals surface area contributed by atoms with E-state index in [1.165, 1.54) is 6.07 Å². The largest absolute Gasteiger partial charge is 0.316 e. The molecule has 1 aromatic carbocycles.